The van der Waals surface area contributed by atoms with E-state index in [1.54, 1.807) is 0 Å². The summed E-state index contributed by atoms with van der Waals surface area (Å²) in [6, 6.07) is 0. The third-order valence-electron chi connectivity index (χ3n) is 8.81. The lowest BCUT2D eigenvalue weighted by atomic mass is 8.85. The summed E-state index contributed by atoms with van der Waals surface area (Å²) in [5.41, 5.74) is 13.8. The second-order valence-electron chi connectivity index (χ2n) is 11.1. The maximum absolute atomic E-state index is 7.12. The van der Waals surface area contributed by atoms with Gasteiger partial charge in [-0.1, -0.05) is 34.0 Å². The number of hydrogen-bond donors (Lipinski definition) is 0. The van der Waals surface area contributed by atoms with Gasteiger partial charge in [-0.2, -0.15) is 0 Å². The first-order valence-electron chi connectivity index (χ1n) is 13.9. The van der Waals surface area contributed by atoms with Crippen LogP contribution in [-0.4, -0.2) is 95.2 Å². The average Bonchev–Trinajstić information content (AvgIpc) is 3.31. The Balaban J connectivity index is 2.46. The third kappa shape index (κ3) is 6.17. The Kier molecular flexibility index (Phi) is 12.2. The minimum absolute atomic E-state index is 0.367. The Hall–Kier alpha value is 0.354. The van der Waals surface area contributed by atoms with E-state index >= 15 is 0 Å². The number of imidazole rings is 1. The lowest BCUT2D eigenvalue weighted by Crippen LogP contribution is -2.61. The first-order chi connectivity index (χ1) is 20.5. The molecule has 201 valence electrons. The Bertz CT molecular complexity index is 1770. The molecule has 2 heterocycles. The van der Waals surface area contributed by atoms with Gasteiger partial charge in [-0.05, 0) is 82.2 Å². The lowest BCUT2D eigenvalue weighted by molar-refractivity contribution is 1.17. The molecule has 0 aliphatic rings. The Morgan fingerprint density at radius 2 is 1.36 bits per heavy atom. The van der Waals surface area contributed by atoms with Gasteiger partial charge < -0.3 is 0 Å². The van der Waals surface area contributed by atoms with E-state index in [-0.39, 0.29) is 0 Å². The summed E-state index contributed by atoms with van der Waals surface area (Å²) in [6.45, 7) is 10.9. The molecule has 4 rings (SSSR count). The highest BCUT2D eigenvalue weighted by molar-refractivity contribution is 8.46. The second-order valence-corrected chi connectivity index (χ2v) is 19.7. The number of aromatic nitrogens is 3. The molecule has 0 amide bonds. The minimum Gasteiger partial charge on any atom is -0.275 e. The molecule has 0 fully saturated rings. The lowest BCUT2D eigenvalue weighted by Gasteiger charge is -2.31. The molecule has 2 aromatic heterocycles. The van der Waals surface area contributed by atoms with Crippen LogP contribution in [0.1, 0.15) is 33.4 Å². The molecule has 4 aromatic rings. The van der Waals surface area contributed by atoms with E-state index in [1.807, 2.05) is 6.92 Å². The highest BCUT2D eigenvalue weighted by atomic mass is 32.4. The molecular weight excluding hydrogens is 635 g/mol. The van der Waals surface area contributed by atoms with Gasteiger partial charge in [0.1, 0.15) is 7.85 Å². The molecule has 5 atom stereocenters. The van der Waals surface area contributed by atoms with E-state index in [0.29, 0.717) is 41.5 Å². The van der Waals surface area contributed by atoms with Gasteiger partial charge in [0.15, 0.2) is 0 Å². The van der Waals surface area contributed by atoms with Gasteiger partial charge in [-0.3, -0.25) is 4.40 Å². The number of benzene rings is 2. The van der Waals surface area contributed by atoms with Crippen LogP contribution >= 0.6 is 51.6 Å². The monoisotopic (exact) mass is 664 g/mol. The Morgan fingerprint density at radius 1 is 0.818 bits per heavy atom. The standard InChI is InChI=1S/C24H27B11N3P6/c1-7-8(2)10(4)13(11(5)9(7)3)19-20(38-23(44(41)42)21(43-40)22(39)37-24(38)36-19)14-15(25)16(32-26)18(33(27)28)12(6)17(14)34(29)35(30)31/h43H,39-42H2,1-6H3. The predicted molar refractivity (Wildman–Crippen MR) is 227 cm³/mol. The molecule has 0 saturated carbocycles. The van der Waals surface area contributed by atoms with E-state index in [4.69, 9.17) is 64.2 Å². The number of rotatable bonds is 8. The van der Waals surface area contributed by atoms with Crippen molar-refractivity contribution in [3.63, 3.8) is 0 Å². The van der Waals surface area contributed by atoms with Crippen LogP contribution in [0.5, 0.6) is 0 Å². The van der Waals surface area contributed by atoms with Gasteiger partial charge in [0.25, 0.3) is 0 Å². The molecular formula is C24H27B11N3P6. The van der Waals surface area contributed by atoms with E-state index in [0.717, 1.165) is 49.8 Å². The normalized spacial score (nSPS) is 11.7. The fraction of sp³-hybridized carbons (Fsp3) is 0.250. The third-order valence-corrected chi connectivity index (χ3v) is 13.8. The molecule has 0 aliphatic carbocycles. The SMILES string of the molecule is [B][B]c1c([B])c(-c2c(-c3c(C)c(C)c(C)c(C)c3C)nc3nc(P)c(PP)c(P(P)P)n23)c(B([B])B([B])[B])c(C)c1B([B])[B]. The van der Waals surface area contributed by atoms with E-state index in [1.165, 1.54) is 23.9 Å². The van der Waals surface area contributed by atoms with Gasteiger partial charge in [0.05, 0.1) is 42.4 Å². The van der Waals surface area contributed by atoms with Crippen molar-refractivity contribution >= 4 is 176 Å². The van der Waals surface area contributed by atoms with Gasteiger partial charge >= 0.3 is 0 Å². The molecule has 5 unspecified atom stereocenters. The molecule has 0 aliphatic heterocycles. The molecule has 15 radical (unpaired) electrons. The van der Waals surface area contributed by atoms with Crippen molar-refractivity contribution < 1.29 is 0 Å². The smallest absolute Gasteiger partial charge is 0.236 e. The maximum atomic E-state index is 7.12. The van der Waals surface area contributed by atoms with Gasteiger partial charge in [0, 0.05) is 63.7 Å². The summed E-state index contributed by atoms with van der Waals surface area (Å²) < 4.78 is 2.12. The first kappa shape index (κ1) is 37.2. The Labute approximate surface area is 286 Å². The predicted octanol–water partition coefficient (Wildman–Crippen LogP) is -1.29. The van der Waals surface area contributed by atoms with Crippen molar-refractivity contribution in [1.82, 2.24) is 14.4 Å². The van der Waals surface area contributed by atoms with Crippen molar-refractivity contribution in [2.24, 2.45) is 0 Å². The maximum Gasteiger partial charge on any atom is 0.236 e. The van der Waals surface area contributed by atoms with Crippen molar-refractivity contribution in [3.8, 4) is 22.5 Å². The van der Waals surface area contributed by atoms with Crippen LogP contribution in [0.4, 0.5) is 0 Å². The zero-order valence-corrected chi connectivity index (χ0v) is 32.5. The summed E-state index contributed by atoms with van der Waals surface area (Å²) in [5, 5.41) is 1.10. The first-order valence-corrected chi connectivity index (χ1v) is 21.8. The summed E-state index contributed by atoms with van der Waals surface area (Å²) in [7, 11) is 58.0. The fourth-order valence-corrected chi connectivity index (χ4v) is 12.6. The zero-order chi connectivity index (χ0) is 33.1. The number of hydrogen-bond acceptors (Lipinski definition) is 2. The van der Waals surface area contributed by atoms with Gasteiger partial charge in [-0.15, -0.1) is 37.7 Å². The molecule has 20 heteroatoms. The van der Waals surface area contributed by atoms with Gasteiger partial charge in [0.2, 0.25) is 5.78 Å². The van der Waals surface area contributed by atoms with Crippen LogP contribution in [0, 0.1) is 41.5 Å². The highest BCUT2D eigenvalue weighted by Crippen LogP contribution is 2.52. The summed E-state index contributed by atoms with van der Waals surface area (Å²) in [6.07, 6.45) is -0.905. The average molecular weight is 662 g/mol. The topological polar surface area (TPSA) is 30.2 Å². The quantitative estimate of drug-likeness (QED) is 0.174. The highest BCUT2D eigenvalue weighted by Gasteiger charge is 2.32. The van der Waals surface area contributed by atoms with Crippen molar-refractivity contribution in [1.29, 1.82) is 0 Å². The Morgan fingerprint density at radius 3 is 1.82 bits per heavy atom. The summed E-state index contributed by atoms with van der Waals surface area (Å²) in [5.74, 6) is 0.542. The summed E-state index contributed by atoms with van der Waals surface area (Å²) >= 11 is 0. The van der Waals surface area contributed by atoms with Crippen molar-refractivity contribution in [2.45, 2.75) is 41.5 Å². The van der Waals surface area contributed by atoms with Crippen molar-refractivity contribution in [2.75, 3.05) is 0 Å². The van der Waals surface area contributed by atoms with Crippen LogP contribution in [-0.2, 0) is 0 Å². The largest absolute Gasteiger partial charge is 0.275 e. The molecule has 3 nitrogen and oxygen atoms in total. The molecule has 44 heavy (non-hydrogen) atoms. The van der Waals surface area contributed by atoms with E-state index < -0.39 is 26.7 Å². The summed E-state index contributed by atoms with van der Waals surface area (Å²) in [4.78, 5) is 10.3. The fourth-order valence-electron chi connectivity index (χ4n) is 6.15. The van der Waals surface area contributed by atoms with Gasteiger partial charge in [-0.25, -0.2) is 9.97 Å². The number of fused-ring (bicyclic) bond motifs is 1. The van der Waals surface area contributed by atoms with Crippen LogP contribution in [0.25, 0.3) is 28.3 Å². The molecule has 2 aromatic carbocycles. The number of nitrogens with zero attached hydrogens (tertiary/aromatic N) is 3. The van der Waals surface area contributed by atoms with Crippen molar-refractivity contribution in [3.05, 3.63) is 33.4 Å². The second kappa shape index (κ2) is 14.5. The van der Waals surface area contributed by atoms with E-state index in [2.05, 4.69) is 75.0 Å². The van der Waals surface area contributed by atoms with Crippen LogP contribution in [0.3, 0.4) is 0 Å². The van der Waals surface area contributed by atoms with Crippen LogP contribution in [0.15, 0.2) is 0 Å². The zero-order valence-electron chi connectivity index (χ0n) is 25.9. The minimum atomic E-state index is -0.905. The van der Waals surface area contributed by atoms with E-state index in [9.17, 15) is 0 Å². The molecule has 0 bridgehead atoms. The van der Waals surface area contributed by atoms with Crippen LogP contribution in [0.2, 0.25) is 0 Å². The molecule has 0 spiro atoms. The van der Waals surface area contributed by atoms with Crippen LogP contribution < -0.4 is 38.0 Å². The molecule has 0 saturated heterocycles. The molecule has 0 N–H and O–H groups in total.